The summed E-state index contributed by atoms with van der Waals surface area (Å²) in [7, 11) is 0. The van der Waals surface area contributed by atoms with E-state index in [0.717, 1.165) is 18.4 Å². The molecular formula is C16H19FN4OS. The lowest BCUT2D eigenvalue weighted by Gasteiger charge is -2.37. The Kier molecular flexibility index (Phi) is 3.93. The lowest BCUT2D eigenvalue weighted by Crippen LogP contribution is -2.45. The van der Waals surface area contributed by atoms with E-state index in [1.54, 1.807) is 10.7 Å². The second kappa shape index (κ2) is 5.65. The number of aromatic amines is 1. The van der Waals surface area contributed by atoms with Crippen molar-refractivity contribution in [2.24, 2.45) is 5.41 Å². The number of rotatable bonds is 3. The molecule has 2 N–H and O–H groups in total. The van der Waals surface area contributed by atoms with Gasteiger partial charge in [-0.05, 0) is 54.3 Å². The van der Waals surface area contributed by atoms with Crippen molar-refractivity contribution in [3.8, 4) is 0 Å². The van der Waals surface area contributed by atoms with Gasteiger partial charge in [0, 0.05) is 0 Å². The van der Waals surface area contributed by atoms with Crippen LogP contribution in [0.5, 0.6) is 0 Å². The van der Waals surface area contributed by atoms with Gasteiger partial charge in [-0.1, -0.05) is 13.8 Å². The molecule has 0 spiro atoms. The molecule has 1 fully saturated rings. The first kappa shape index (κ1) is 16.0. The molecule has 3 rings (SSSR count). The molecular weight excluding hydrogens is 315 g/mol. The average Bonchev–Trinajstić information content (AvgIpc) is 2.98. The van der Waals surface area contributed by atoms with Crippen LogP contribution in [-0.4, -0.2) is 30.5 Å². The summed E-state index contributed by atoms with van der Waals surface area (Å²) in [5.74, 6) is -0.377. The predicted octanol–water partition coefficient (Wildman–Crippen LogP) is 3.11. The van der Waals surface area contributed by atoms with Gasteiger partial charge in [-0.3, -0.25) is 14.8 Å². The molecule has 2 aromatic rings. The molecule has 2 heterocycles. The van der Waals surface area contributed by atoms with E-state index in [9.17, 15) is 9.50 Å². The number of H-pyrrole nitrogens is 1. The van der Waals surface area contributed by atoms with Gasteiger partial charge in [-0.25, -0.2) is 9.37 Å². The molecule has 0 saturated heterocycles. The van der Waals surface area contributed by atoms with E-state index in [4.69, 9.17) is 12.2 Å². The molecule has 1 aliphatic carbocycles. The first-order chi connectivity index (χ1) is 10.8. The summed E-state index contributed by atoms with van der Waals surface area (Å²) >= 11 is 5.16. The molecule has 1 atom stereocenters. The van der Waals surface area contributed by atoms with Gasteiger partial charge < -0.3 is 5.11 Å². The standard InChI is InChI=1S/C16H19FN4OS/c1-15(2)6-5-11(7-13-4-3-12(17)8-18-13)16(15,22)9-21-14(23)19-10-20-21/h3-4,7-8,10,22H,5-6,9H2,1-2H3,(H,19,20,23)/b11-7+. The highest BCUT2D eigenvalue weighted by Crippen LogP contribution is 2.50. The van der Waals surface area contributed by atoms with Crippen molar-refractivity contribution in [3.63, 3.8) is 0 Å². The first-order valence-electron chi connectivity index (χ1n) is 7.47. The fraction of sp³-hybridized carbons (Fsp3) is 0.438. The first-order valence-corrected chi connectivity index (χ1v) is 7.88. The van der Waals surface area contributed by atoms with Gasteiger partial charge in [0.1, 0.15) is 17.7 Å². The molecule has 122 valence electrons. The lowest BCUT2D eigenvalue weighted by molar-refractivity contribution is -0.0301. The van der Waals surface area contributed by atoms with Gasteiger partial charge in [-0.15, -0.1) is 0 Å². The average molecular weight is 334 g/mol. The second-order valence-electron chi connectivity index (χ2n) is 6.57. The maximum atomic E-state index is 13.0. The van der Waals surface area contributed by atoms with Crippen LogP contribution in [-0.2, 0) is 6.54 Å². The van der Waals surface area contributed by atoms with Crippen LogP contribution in [0, 0.1) is 16.0 Å². The van der Waals surface area contributed by atoms with Crippen LogP contribution in [0.25, 0.3) is 6.08 Å². The van der Waals surface area contributed by atoms with Crippen molar-refractivity contribution >= 4 is 18.3 Å². The Hall–Kier alpha value is -1.86. The number of pyridine rings is 1. The minimum atomic E-state index is -1.08. The Morgan fingerprint density at radius 1 is 1.43 bits per heavy atom. The SMILES string of the molecule is CC1(C)CC/C(=C\c2ccc(F)cn2)C1(O)Cn1[nH]cnc1=S. The van der Waals surface area contributed by atoms with Gasteiger partial charge in [0.05, 0.1) is 18.4 Å². The molecule has 0 radical (unpaired) electrons. The molecule has 5 nitrogen and oxygen atoms in total. The molecule has 0 bridgehead atoms. The molecule has 2 aromatic heterocycles. The summed E-state index contributed by atoms with van der Waals surface area (Å²) in [6.45, 7) is 4.36. The number of hydrogen-bond acceptors (Lipinski definition) is 4. The van der Waals surface area contributed by atoms with E-state index in [1.165, 1.54) is 18.6 Å². The largest absolute Gasteiger partial charge is 0.383 e. The van der Waals surface area contributed by atoms with E-state index in [1.807, 2.05) is 19.9 Å². The molecule has 0 aromatic carbocycles. The summed E-state index contributed by atoms with van der Waals surface area (Å²) < 4.78 is 15.1. The van der Waals surface area contributed by atoms with E-state index in [0.29, 0.717) is 17.0 Å². The Balaban J connectivity index is 2.00. The highest BCUT2D eigenvalue weighted by atomic mass is 32.1. The Labute approximate surface area is 138 Å². The monoisotopic (exact) mass is 334 g/mol. The van der Waals surface area contributed by atoms with Crippen LogP contribution in [0.4, 0.5) is 4.39 Å². The van der Waals surface area contributed by atoms with Crippen LogP contribution in [0.1, 0.15) is 32.4 Å². The van der Waals surface area contributed by atoms with Crippen LogP contribution in [0.3, 0.4) is 0 Å². The summed E-state index contributed by atoms with van der Waals surface area (Å²) in [5, 5.41) is 14.3. The molecule has 23 heavy (non-hydrogen) atoms. The Morgan fingerprint density at radius 3 is 2.83 bits per heavy atom. The quantitative estimate of drug-likeness (QED) is 0.847. The predicted molar refractivity (Wildman–Crippen MR) is 87.5 cm³/mol. The van der Waals surface area contributed by atoms with Crippen molar-refractivity contribution in [1.82, 2.24) is 19.7 Å². The maximum Gasteiger partial charge on any atom is 0.215 e. The van der Waals surface area contributed by atoms with Crippen LogP contribution < -0.4 is 0 Å². The number of aromatic nitrogens is 4. The lowest BCUT2D eigenvalue weighted by atomic mass is 9.76. The minimum Gasteiger partial charge on any atom is -0.383 e. The van der Waals surface area contributed by atoms with Gasteiger partial charge in [0.25, 0.3) is 0 Å². The molecule has 1 aliphatic rings. The molecule has 0 aliphatic heterocycles. The Morgan fingerprint density at radius 2 is 2.22 bits per heavy atom. The summed E-state index contributed by atoms with van der Waals surface area (Å²) in [6.07, 6.45) is 6.13. The van der Waals surface area contributed by atoms with Gasteiger partial charge >= 0.3 is 0 Å². The minimum absolute atomic E-state index is 0.297. The fourth-order valence-corrected chi connectivity index (χ4v) is 3.24. The van der Waals surface area contributed by atoms with E-state index in [-0.39, 0.29) is 11.2 Å². The van der Waals surface area contributed by atoms with E-state index in [2.05, 4.69) is 15.1 Å². The van der Waals surface area contributed by atoms with Gasteiger partial charge in [0.2, 0.25) is 4.77 Å². The third kappa shape index (κ3) is 2.86. The highest BCUT2D eigenvalue weighted by Gasteiger charge is 2.51. The Bertz CT molecular complexity index is 793. The third-order valence-electron chi connectivity index (χ3n) is 4.75. The van der Waals surface area contributed by atoms with Crippen molar-refractivity contribution in [1.29, 1.82) is 0 Å². The van der Waals surface area contributed by atoms with E-state index < -0.39 is 5.60 Å². The fourth-order valence-electron chi connectivity index (χ4n) is 3.07. The zero-order valence-corrected chi connectivity index (χ0v) is 13.9. The zero-order valence-electron chi connectivity index (χ0n) is 13.1. The van der Waals surface area contributed by atoms with E-state index >= 15 is 0 Å². The summed E-state index contributed by atoms with van der Waals surface area (Å²) in [5.41, 5.74) is 0.107. The molecule has 1 unspecified atom stereocenters. The number of hydrogen-bond donors (Lipinski definition) is 2. The third-order valence-corrected chi connectivity index (χ3v) is 5.07. The normalized spacial score (nSPS) is 25.1. The zero-order chi connectivity index (χ0) is 16.7. The van der Waals surface area contributed by atoms with Crippen LogP contribution >= 0.6 is 12.2 Å². The van der Waals surface area contributed by atoms with Gasteiger partial charge in [-0.2, -0.15) is 0 Å². The number of nitrogens with one attached hydrogen (secondary N) is 1. The summed E-state index contributed by atoms with van der Waals surface area (Å²) in [4.78, 5) is 8.05. The number of aliphatic hydroxyl groups is 1. The number of halogens is 1. The molecule has 7 heteroatoms. The van der Waals surface area contributed by atoms with Crippen LogP contribution in [0.2, 0.25) is 0 Å². The highest BCUT2D eigenvalue weighted by molar-refractivity contribution is 7.71. The van der Waals surface area contributed by atoms with Crippen LogP contribution in [0.15, 0.2) is 30.2 Å². The topological polar surface area (TPSA) is 66.7 Å². The smallest absolute Gasteiger partial charge is 0.215 e. The maximum absolute atomic E-state index is 13.0. The van der Waals surface area contributed by atoms with Crippen molar-refractivity contribution < 1.29 is 9.50 Å². The summed E-state index contributed by atoms with van der Waals surface area (Å²) in [6, 6.07) is 2.97. The van der Waals surface area contributed by atoms with Crippen molar-refractivity contribution in [2.45, 2.75) is 38.8 Å². The second-order valence-corrected chi connectivity index (χ2v) is 6.94. The molecule has 0 amide bonds. The van der Waals surface area contributed by atoms with Crippen molar-refractivity contribution in [3.05, 3.63) is 46.5 Å². The molecule has 1 saturated carbocycles. The van der Waals surface area contributed by atoms with Gasteiger partial charge in [0.15, 0.2) is 0 Å². The van der Waals surface area contributed by atoms with Crippen molar-refractivity contribution in [2.75, 3.05) is 0 Å². The number of nitrogens with zero attached hydrogens (tertiary/aromatic N) is 3.